The van der Waals surface area contributed by atoms with Crippen LogP contribution < -0.4 is 5.73 Å². The number of rotatable bonds is 3. The zero-order valence-corrected chi connectivity index (χ0v) is 11.1. The van der Waals surface area contributed by atoms with E-state index in [2.05, 4.69) is 29.2 Å². The van der Waals surface area contributed by atoms with Crippen LogP contribution in [0.5, 0.6) is 0 Å². The molecule has 2 saturated carbocycles. The van der Waals surface area contributed by atoms with E-state index in [1.807, 2.05) is 12.3 Å². The number of nitrogens with two attached hydrogens (primary N) is 1. The van der Waals surface area contributed by atoms with Gasteiger partial charge < -0.3 is 5.73 Å². The van der Waals surface area contributed by atoms with Crippen molar-refractivity contribution in [3.8, 4) is 0 Å². The van der Waals surface area contributed by atoms with Crippen LogP contribution in [0.25, 0.3) is 10.9 Å². The topological polar surface area (TPSA) is 38.9 Å². The average Bonchev–Trinajstić information content (AvgIpc) is 2.93. The lowest BCUT2D eigenvalue weighted by Gasteiger charge is -2.15. The molecule has 0 radical (unpaired) electrons. The Morgan fingerprint density at radius 1 is 1.16 bits per heavy atom. The van der Waals surface area contributed by atoms with Crippen molar-refractivity contribution in [1.29, 1.82) is 0 Å². The maximum atomic E-state index is 6.47. The smallest absolute Gasteiger partial charge is 0.0704 e. The molecule has 1 heterocycles. The van der Waals surface area contributed by atoms with Crippen molar-refractivity contribution in [2.45, 2.75) is 31.7 Å². The minimum absolute atomic E-state index is 0.334. The molecule has 2 fully saturated rings. The summed E-state index contributed by atoms with van der Waals surface area (Å²) in [5.41, 5.74) is 8.92. The fourth-order valence-corrected chi connectivity index (χ4v) is 4.24. The lowest BCUT2D eigenvalue weighted by atomic mass is 9.96. The molecule has 0 spiro atoms. The summed E-state index contributed by atoms with van der Waals surface area (Å²) in [6.07, 6.45) is 7.18. The maximum absolute atomic E-state index is 6.47. The van der Waals surface area contributed by atoms with Gasteiger partial charge in [-0.1, -0.05) is 24.6 Å². The maximum Gasteiger partial charge on any atom is 0.0704 e. The van der Waals surface area contributed by atoms with Gasteiger partial charge in [-0.3, -0.25) is 4.98 Å². The van der Waals surface area contributed by atoms with Crippen LogP contribution in [-0.4, -0.2) is 11.0 Å². The Bertz CT molecular complexity index is 592. The molecule has 2 N–H and O–H groups in total. The molecule has 2 heteroatoms. The SMILES string of the molecule is NC(Cc1ccnc2ccccc12)C1C2CCCC21. The van der Waals surface area contributed by atoms with Gasteiger partial charge in [0.05, 0.1) is 5.52 Å². The van der Waals surface area contributed by atoms with Crippen LogP contribution in [-0.2, 0) is 6.42 Å². The van der Waals surface area contributed by atoms with Gasteiger partial charge in [-0.2, -0.15) is 0 Å². The summed E-state index contributed by atoms with van der Waals surface area (Å²) >= 11 is 0. The van der Waals surface area contributed by atoms with E-state index < -0.39 is 0 Å². The monoisotopic (exact) mass is 252 g/mol. The molecule has 2 aromatic rings. The molecule has 3 unspecified atom stereocenters. The largest absolute Gasteiger partial charge is 0.327 e. The van der Waals surface area contributed by atoms with Crippen molar-refractivity contribution in [1.82, 2.24) is 4.98 Å². The third-order valence-electron chi connectivity index (χ3n) is 5.16. The molecular formula is C17H20N2. The Morgan fingerprint density at radius 3 is 2.79 bits per heavy atom. The summed E-state index contributed by atoms with van der Waals surface area (Å²) in [5, 5.41) is 1.27. The Labute approximate surface area is 114 Å². The fourth-order valence-electron chi connectivity index (χ4n) is 4.24. The van der Waals surface area contributed by atoms with E-state index in [4.69, 9.17) is 5.73 Å². The normalized spacial score (nSPS) is 30.3. The average molecular weight is 252 g/mol. The highest BCUT2D eigenvalue weighted by Gasteiger charge is 2.54. The lowest BCUT2D eigenvalue weighted by Crippen LogP contribution is -2.27. The summed E-state index contributed by atoms with van der Waals surface area (Å²) in [6.45, 7) is 0. The van der Waals surface area contributed by atoms with Gasteiger partial charge >= 0.3 is 0 Å². The Balaban J connectivity index is 1.58. The number of pyridine rings is 1. The Kier molecular flexibility index (Phi) is 2.59. The molecule has 1 aromatic heterocycles. The van der Waals surface area contributed by atoms with Crippen LogP contribution in [0.4, 0.5) is 0 Å². The molecule has 1 aromatic carbocycles. The molecule has 0 bridgehead atoms. The first-order chi connectivity index (χ1) is 9.34. The highest BCUT2D eigenvalue weighted by atomic mass is 14.7. The highest BCUT2D eigenvalue weighted by molar-refractivity contribution is 5.81. The van der Waals surface area contributed by atoms with Crippen molar-refractivity contribution < 1.29 is 0 Å². The third-order valence-corrected chi connectivity index (χ3v) is 5.16. The predicted octanol–water partition coefficient (Wildman–Crippen LogP) is 3.15. The minimum atomic E-state index is 0.334. The van der Waals surface area contributed by atoms with Crippen molar-refractivity contribution in [2.24, 2.45) is 23.5 Å². The van der Waals surface area contributed by atoms with Crippen molar-refractivity contribution in [3.05, 3.63) is 42.1 Å². The second kappa shape index (κ2) is 4.31. The second-order valence-corrected chi connectivity index (χ2v) is 6.19. The molecular weight excluding hydrogens is 232 g/mol. The van der Waals surface area contributed by atoms with Gasteiger partial charge in [-0.15, -0.1) is 0 Å². The van der Waals surface area contributed by atoms with E-state index in [0.717, 1.165) is 29.7 Å². The molecule has 2 aliphatic rings. The molecule has 19 heavy (non-hydrogen) atoms. The molecule has 4 rings (SSSR count). The quantitative estimate of drug-likeness (QED) is 0.911. The van der Waals surface area contributed by atoms with Crippen molar-refractivity contribution in [2.75, 3.05) is 0 Å². The summed E-state index contributed by atoms with van der Waals surface area (Å²) in [4.78, 5) is 4.43. The molecule has 0 amide bonds. The van der Waals surface area contributed by atoms with E-state index in [-0.39, 0.29) is 0 Å². The first kappa shape index (κ1) is 11.4. The van der Waals surface area contributed by atoms with Crippen LogP contribution in [0.2, 0.25) is 0 Å². The molecule has 0 saturated heterocycles. The first-order valence-corrected chi connectivity index (χ1v) is 7.43. The third kappa shape index (κ3) is 1.86. The van der Waals surface area contributed by atoms with Gasteiger partial charge in [0.15, 0.2) is 0 Å². The zero-order valence-electron chi connectivity index (χ0n) is 11.1. The van der Waals surface area contributed by atoms with Crippen LogP contribution in [0.3, 0.4) is 0 Å². The summed E-state index contributed by atoms with van der Waals surface area (Å²) < 4.78 is 0. The van der Waals surface area contributed by atoms with Crippen LogP contribution in [0.15, 0.2) is 36.5 Å². The molecule has 98 valence electrons. The minimum Gasteiger partial charge on any atom is -0.327 e. The molecule has 3 atom stereocenters. The first-order valence-electron chi connectivity index (χ1n) is 7.43. The lowest BCUT2D eigenvalue weighted by molar-refractivity contribution is 0.485. The van der Waals surface area contributed by atoms with Crippen LogP contribution >= 0.6 is 0 Å². The van der Waals surface area contributed by atoms with E-state index in [0.29, 0.717) is 6.04 Å². The van der Waals surface area contributed by atoms with Gasteiger partial charge in [-0.25, -0.2) is 0 Å². The molecule has 2 aliphatic carbocycles. The summed E-state index contributed by atoms with van der Waals surface area (Å²) in [7, 11) is 0. The predicted molar refractivity (Wildman–Crippen MR) is 77.7 cm³/mol. The molecule has 2 nitrogen and oxygen atoms in total. The van der Waals surface area contributed by atoms with Crippen LogP contribution in [0.1, 0.15) is 24.8 Å². The number of benzene rings is 1. The van der Waals surface area contributed by atoms with E-state index >= 15 is 0 Å². The highest BCUT2D eigenvalue weighted by Crippen LogP contribution is 2.58. The number of nitrogens with zero attached hydrogens (tertiary/aromatic N) is 1. The van der Waals surface area contributed by atoms with Gasteiger partial charge in [0.1, 0.15) is 0 Å². The van der Waals surface area contributed by atoms with Crippen molar-refractivity contribution >= 4 is 10.9 Å². The van der Waals surface area contributed by atoms with E-state index in [1.165, 1.54) is 30.2 Å². The van der Waals surface area contributed by atoms with Crippen LogP contribution in [0, 0.1) is 17.8 Å². The number of fused-ring (bicyclic) bond motifs is 2. The number of hydrogen-bond acceptors (Lipinski definition) is 2. The second-order valence-electron chi connectivity index (χ2n) is 6.19. The number of aromatic nitrogens is 1. The van der Waals surface area contributed by atoms with Gasteiger partial charge in [0.2, 0.25) is 0 Å². The molecule has 0 aliphatic heterocycles. The summed E-state index contributed by atoms with van der Waals surface area (Å²) in [6, 6.07) is 10.9. The Hall–Kier alpha value is -1.41. The van der Waals surface area contributed by atoms with E-state index in [9.17, 15) is 0 Å². The van der Waals surface area contributed by atoms with Crippen molar-refractivity contribution in [3.63, 3.8) is 0 Å². The standard InChI is InChI=1S/C17H20N2/c18-15(17-13-5-3-6-14(13)17)10-11-8-9-19-16-7-2-1-4-12(11)16/h1-2,4,7-9,13-15,17H,3,5-6,10,18H2. The number of hydrogen-bond donors (Lipinski definition) is 1. The zero-order chi connectivity index (χ0) is 12.8. The van der Waals surface area contributed by atoms with E-state index in [1.54, 1.807) is 0 Å². The summed E-state index contributed by atoms with van der Waals surface area (Å²) in [5.74, 6) is 2.69. The Morgan fingerprint density at radius 2 is 1.95 bits per heavy atom. The van der Waals surface area contributed by atoms with Gasteiger partial charge in [-0.05, 0) is 54.7 Å². The van der Waals surface area contributed by atoms with Gasteiger partial charge in [0.25, 0.3) is 0 Å². The number of para-hydroxylation sites is 1. The fraction of sp³-hybridized carbons (Fsp3) is 0.471. The van der Waals surface area contributed by atoms with Gasteiger partial charge in [0, 0.05) is 17.6 Å².